The monoisotopic (exact) mass is 290 g/mol. The third-order valence-corrected chi connectivity index (χ3v) is 3.43. The molecule has 0 radical (unpaired) electrons. The molecule has 1 aromatic heterocycles. The molecular formula is C12H17F3N4O. The van der Waals surface area contributed by atoms with E-state index in [1.165, 1.54) is 0 Å². The Labute approximate surface area is 114 Å². The summed E-state index contributed by atoms with van der Waals surface area (Å²) in [5.74, 6) is -0.294. The summed E-state index contributed by atoms with van der Waals surface area (Å²) in [6.45, 7) is 3.91. The van der Waals surface area contributed by atoms with Crippen LogP contribution in [-0.4, -0.2) is 29.7 Å². The van der Waals surface area contributed by atoms with E-state index in [1.54, 1.807) is 0 Å². The van der Waals surface area contributed by atoms with Gasteiger partial charge in [-0.1, -0.05) is 6.92 Å². The number of ether oxygens (including phenoxy) is 1. The minimum Gasteiger partial charge on any atom is -0.381 e. The number of anilines is 2. The summed E-state index contributed by atoms with van der Waals surface area (Å²) in [5.41, 5.74) is 4.26. The molecular weight excluding hydrogens is 273 g/mol. The first-order valence-corrected chi connectivity index (χ1v) is 6.32. The van der Waals surface area contributed by atoms with Crippen LogP contribution in [0.3, 0.4) is 0 Å². The van der Waals surface area contributed by atoms with Crippen molar-refractivity contribution in [3.8, 4) is 0 Å². The molecule has 0 aliphatic carbocycles. The molecule has 1 aromatic rings. The van der Waals surface area contributed by atoms with E-state index in [1.807, 2.05) is 0 Å². The van der Waals surface area contributed by atoms with Gasteiger partial charge in [0.05, 0.1) is 0 Å². The average molecular weight is 290 g/mol. The second kappa shape index (κ2) is 5.43. The molecule has 112 valence electrons. The van der Waals surface area contributed by atoms with Gasteiger partial charge in [0.2, 0.25) is 5.95 Å². The van der Waals surface area contributed by atoms with Gasteiger partial charge in [0.15, 0.2) is 5.69 Å². The molecule has 0 amide bonds. The van der Waals surface area contributed by atoms with Gasteiger partial charge in [0, 0.05) is 25.8 Å². The lowest BCUT2D eigenvalue weighted by atomic mass is 9.82. The highest BCUT2D eigenvalue weighted by Gasteiger charge is 2.34. The molecule has 2 rings (SSSR count). The molecule has 1 saturated heterocycles. The highest BCUT2D eigenvalue weighted by Crippen LogP contribution is 2.31. The summed E-state index contributed by atoms with van der Waals surface area (Å²) in [4.78, 5) is 6.99. The van der Waals surface area contributed by atoms with Crippen LogP contribution >= 0.6 is 0 Å². The maximum absolute atomic E-state index is 12.6. The number of alkyl halides is 3. The SMILES string of the molecule is CC1(CNc2cc(C(F)(F)F)nc(N)n2)CCOCC1. The summed E-state index contributed by atoms with van der Waals surface area (Å²) in [6.07, 6.45) is -2.82. The van der Waals surface area contributed by atoms with Crippen molar-refractivity contribution in [1.82, 2.24) is 9.97 Å². The van der Waals surface area contributed by atoms with Crippen molar-refractivity contribution in [2.45, 2.75) is 25.9 Å². The number of nitrogens with zero attached hydrogens (tertiary/aromatic N) is 2. The Morgan fingerprint density at radius 2 is 2.00 bits per heavy atom. The van der Waals surface area contributed by atoms with E-state index >= 15 is 0 Å². The molecule has 1 fully saturated rings. The second-order valence-electron chi connectivity index (χ2n) is 5.27. The van der Waals surface area contributed by atoms with E-state index in [2.05, 4.69) is 22.2 Å². The molecule has 1 aliphatic heterocycles. The first kappa shape index (κ1) is 14.8. The Morgan fingerprint density at radius 1 is 1.35 bits per heavy atom. The molecule has 0 unspecified atom stereocenters. The Kier molecular flexibility index (Phi) is 4.03. The van der Waals surface area contributed by atoms with Crippen LogP contribution < -0.4 is 11.1 Å². The molecule has 0 atom stereocenters. The van der Waals surface area contributed by atoms with Gasteiger partial charge in [-0.25, -0.2) is 4.98 Å². The molecule has 0 saturated carbocycles. The quantitative estimate of drug-likeness (QED) is 0.893. The third kappa shape index (κ3) is 3.72. The Hall–Kier alpha value is -1.57. The van der Waals surface area contributed by atoms with Crippen molar-refractivity contribution in [2.75, 3.05) is 30.8 Å². The van der Waals surface area contributed by atoms with E-state index in [4.69, 9.17) is 10.5 Å². The van der Waals surface area contributed by atoms with Gasteiger partial charge in [-0.05, 0) is 18.3 Å². The number of halogens is 3. The van der Waals surface area contributed by atoms with Crippen LogP contribution in [0.2, 0.25) is 0 Å². The van der Waals surface area contributed by atoms with Crippen LogP contribution in [0.15, 0.2) is 6.07 Å². The van der Waals surface area contributed by atoms with E-state index < -0.39 is 11.9 Å². The minimum atomic E-state index is -4.53. The van der Waals surface area contributed by atoms with Crippen molar-refractivity contribution in [3.63, 3.8) is 0 Å². The second-order valence-corrected chi connectivity index (χ2v) is 5.27. The minimum absolute atomic E-state index is 0.0175. The summed E-state index contributed by atoms with van der Waals surface area (Å²) in [7, 11) is 0. The van der Waals surface area contributed by atoms with Gasteiger partial charge < -0.3 is 15.8 Å². The summed E-state index contributed by atoms with van der Waals surface area (Å²) >= 11 is 0. The average Bonchev–Trinajstić information content (AvgIpc) is 2.36. The van der Waals surface area contributed by atoms with Gasteiger partial charge in [-0.15, -0.1) is 0 Å². The van der Waals surface area contributed by atoms with Gasteiger partial charge in [0.1, 0.15) is 5.82 Å². The number of aromatic nitrogens is 2. The maximum atomic E-state index is 12.6. The summed E-state index contributed by atoms with van der Waals surface area (Å²) in [5, 5.41) is 2.92. The fourth-order valence-corrected chi connectivity index (χ4v) is 2.05. The molecule has 20 heavy (non-hydrogen) atoms. The first-order valence-electron chi connectivity index (χ1n) is 6.32. The van der Waals surface area contributed by atoms with Crippen molar-refractivity contribution in [3.05, 3.63) is 11.8 Å². The predicted octanol–water partition coefficient (Wildman–Crippen LogP) is 2.31. The standard InChI is InChI=1S/C12H17F3N4O/c1-11(2-4-20-5-3-11)7-17-9-6-8(12(13,14)15)18-10(16)19-9/h6H,2-5,7H2,1H3,(H3,16,17,18,19). The molecule has 0 spiro atoms. The predicted molar refractivity (Wildman–Crippen MR) is 68.1 cm³/mol. The van der Waals surface area contributed by atoms with Gasteiger partial charge in [-0.2, -0.15) is 18.2 Å². The molecule has 3 N–H and O–H groups in total. The molecule has 0 bridgehead atoms. The zero-order chi connectivity index (χ0) is 14.8. The van der Waals surface area contributed by atoms with Gasteiger partial charge in [0.25, 0.3) is 0 Å². The van der Waals surface area contributed by atoms with Gasteiger partial charge in [-0.3, -0.25) is 0 Å². The van der Waals surface area contributed by atoms with E-state index in [0.717, 1.165) is 18.9 Å². The van der Waals surface area contributed by atoms with Crippen LogP contribution in [0.5, 0.6) is 0 Å². The fourth-order valence-electron chi connectivity index (χ4n) is 2.05. The highest BCUT2D eigenvalue weighted by molar-refractivity contribution is 5.41. The van der Waals surface area contributed by atoms with Crippen molar-refractivity contribution < 1.29 is 17.9 Å². The first-order chi connectivity index (χ1) is 9.28. The maximum Gasteiger partial charge on any atom is 0.433 e. The van der Waals surface area contributed by atoms with Crippen molar-refractivity contribution in [2.24, 2.45) is 5.41 Å². The van der Waals surface area contributed by atoms with E-state index in [-0.39, 0.29) is 17.2 Å². The Morgan fingerprint density at radius 3 is 2.60 bits per heavy atom. The zero-order valence-electron chi connectivity index (χ0n) is 11.1. The number of nitrogen functional groups attached to an aromatic ring is 1. The lowest BCUT2D eigenvalue weighted by Gasteiger charge is -2.33. The van der Waals surface area contributed by atoms with Gasteiger partial charge >= 0.3 is 6.18 Å². The molecule has 0 aromatic carbocycles. The van der Waals surface area contributed by atoms with Crippen LogP contribution in [0.1, 0.15) is 25.5 Å². The number of nitrogens with two attached hydrogens (primary N) is 1. The smallest absolute Gasteiger partial charge is 0.381 e. The molecule has 1 aliphatic rings. The number of hydrogen-bond donors (Lipinski definition) is 2. The molecule has 2 heterocycles. The Bertz CT molecular complexity index is 472. The summed E-state index contributed by atoms with van der Waals surface area (Å²) in [6, 6.07) is 0.874. The lowest BCUT2D eigenvalue weighted by Crippen LogP contribution is -2.33. The van der Waals surface area contributed by atoms with Crippen LogP contribution in [-0.2, 0) is 10.9 Å². The normalized spacial score (nSPS) is 18.8. The topological polar surface area (TPSA) is 73.1 Å². The van der Waals surface area contributed by atoms with Crippen molar-refractivity contribution >= 4 is 11.8 Å². The van der Waals surface area contributed by atoms with Crippen LogP contribution in [0.4, 0.5) is 24.9 Å². The lowest BCUT2D eigenvalue weighted by molar-refractivity contribution is -0.141. The Balaban J connectivity index is 2.07. The van der Waals surface area contributed by atoms with E-state index in [9.17, 15) is 13.2 Å². The van der Waals surface area contributed by atoms with Crippen molar-refractivity contribution in [1.29, 1.82) is 0 Å². The van der Waals surface area contributed by atoms with Crippen LogP contribution in [0, 0.1) is 5.41 Å². The number of hydrogen-bond acceptors (Lipinski definition) is 5. The highest BCUT2D eigenvalue weighted by atomic mass is 19.4. The largest absolute Gasteiger partial charge is 0.433 e. The van der Waals surface area contributed by atoms with E-state index in [0.29, 0.717) is 19.8 Å². The number of rotatable bonds is 3. The summed E-state index contributed by atoms with van der Waals surface area (Å²) < 4.78 is 43.2. The zero-order valence-corrected chi connectivity index (χ0v) is 11.1. The fraction of sp³-hybridized carbons (Fsp3) is 0.667. The third-order valence-electron chi connectivity index (χ3n) is 3.43. The molecule has 5 nitrogen and oxygen atoms in total. The number of nitrogens with one attached hydrogen (secondary N) is 1. The molecule has 8 heteroatoms. The van der Waals surface area contributed by atoms with Crippen LogP contribution in [0.25, 0.3) is 0 Å².